The molecule has 0 bridgehead atoms. The van der Waals surface area contributed by atoms with Crippen molar-refractivity contribution in [2.75, 3.05) is 13.7 Å². The van der Waals surface area contributed by atoms with Gasteiger partial charge in [-0.3, -0.25) is 4.79 Å². The molecule has 0 aliphatic carbocycles. The average molecular weight is 410 g/mol. The van der Waals surface area contributed by atoms with Crippen molar-refractivity contribution in [3.05, 3.63) is 72.0 Å². The van der Waals surface area contributed by atoms with E-state index in [1.54, 1.807) is 42.5 Å². The van der Waals surface area contributed by atoms with Crippen LogP contribution in [0, 0.1) is 5.82 Å². The van der Waals surface area contributed by atoms with E-state index in [-0.39, 0.29) is 12.2 Å². The van der Waals surface area contributed by atoms with Crippen LogP contribution in [0.5, 0.6) is 23.0 Å². The molecule has 156 valence electrons. The second-order valence-corrected chi connectivity index (χ2v) is 6.71. The summed E-state index contributed by atoms with van der Waals surface area (Å²) in [5.41, 5.74) is 2.04. The van der Waals surface area contributed by atoms with Gasteiger partial charge in [0.2, 0.25) is 0 Å². The summed E-state index contributed by atoms with van der Waals surface area (Å²) in [4.78, 5) is 11.1. The quantitative estimate of drug-likeness (QED) is 0.489. The van der Waals surface area contributed by atoms with Gasteiger partial charge >= 0.3 is 5.97 Å². The molecule has 0 radical (unpaired) electrons. The number of carbonyl (C=O) groups is 1. The lowest BCUT2D eigenvalue weighted by molar-refractivity contribution is -0.136. The highest BCUT2D eigenvalue weighted by Gasteiger charge is 2.10. The van der Waals surface area contributed by atoms with E-state index in [2.05, 4.69) is 0 Å². The highest BCUT2D eigenvalue weighted by Crippen LogP contribution is 2.32. The van der Waals surface area contributed by atoms with Gasteiger partial charge in [0.05, 0.1) is 20.1 Å². The lowest BCUT2D eigenvalue weighted by Crippen LogP contribution is -2.02. The molecule has 1 N–H and O–H groups in total. The smallest absolute Gasteiger partial charge is 0.307 e. The molecule has 3 rings (SSSR count). The molecule has 3 aromatic rings. The molecule has 5 nitrogen and oxygen atoms in total. The van der Waals surface area contributed by atoms with Crippen LogP contribution in [0.4, 0.5) is 4.39 Å². The molecule has 0 spiro atoms. The minimum Gasteiger partial charge on any atom is -0.494 e. The third-order valence-corrected chi connectivity index (χ3v) is 4.32. The van der Waals surface area contributed by atoms with Gasteiger partial charge in [0, 0.05) is 6.07 Å². The largest absolute Gasteiger partial charge is 0.494 e. The Morgan fingerprint density at radius 1 is 0.967 bits per heavy atom. The van der Waals surface area contributed by atoms with Gasteiger partial charge in [-0.2, -0.15) is 0 Å². The second kappa shape index (κ2) is 9.78. The summed E-state index contributed by atoms with van der Waals surface area (Å²) in [6.45, 7) is 2.51. The van der Waals surface area contributed by atoms with Crippen LogP contribution in [0.15, 0.2) is 60.7 Å². The van der Waals surface area contributed by atoms with Crippen LogP contribution < -0.4 is 14.2 Å². The molecule has 30 heavy (non-hydrogen) atoms. The number of aliphatic carboxylic acids is 1. The minimum absolute atomic E-state index is 0.134. The number of ether oxygens (including phenoxy) is 3. The summed E-state index contributed by atoms with van der Waals surface area (Å²) >= 11 is 0. The zero-order valence-corrected chi connectivity index (χ0v) is 16.9. The highest BCUT2D eigenvalue weighted by molar-refractivity contribution is 5.71. The molecule has 0 unspecified atom stereocenters. The van der Waals surface area contributed by atoms with Crippen molar-refractivity contribution in [2.45, 2.75) is 19.8 Å². The van der Waals surface area contributed by atoms with Gasteiger partial charge in [0.25, 0.3) is 0 Å². The molecule has 0 amide bonds. The van der Waals surface area contributed by atoms with E-state index in [0.29, 0.717) is 35.0 Å². The van der Waals surface area contributed by atoms with Gasteiger partial charge in [-0.25, -0.2) is 4.39 Å². The average Bonchev–Trinajstić information content (AvgIpc) is 2.71. The van der Waals surface area contributed by atoms with E-state index >= 15 is 0 Å². The van der Waals surface area contributed by atoms with Crippen molar-refractivity contribution in [1.82, 2.24) is 0 Å². The Hall–Kier alpha value is -3.54. The van der Waals surface area contributed by atoms with Crippen LogP contribution in [0.3, 0.4) is 0 Å². The van der Waals surface area contributed by atoms with Crippen molar-refractivity contribution in [2.24, 2.45) is 0 Å². The Balaban J connectivity index is 1.87. The van der Waals surface area contributed by atoms with Crippen LogP contribution in [0.1, 0.15) is 18.9 Å². The van der Waals surface area contributed by atoms with Gasteiger partial charge in [0.1, 0.15) is 17.2 Å². The molecule has 6 heteroatoms. The van der Waals surface area contributed by atoms with Crippen molar-refractivity contribution in [3.63, 3.8) is 0 Å². The Morgan fingerprint density at radius 3 is 2.43 bits per heavy atom. The van der Waals surface area contributed by atoms with Crippen molar-refractivity contribution in [1.29, 1.82) is 0 Å². The van der Waals surface area contributed by atoms with Crippen LogP contribution in [0.2, 0.25) is 0 Å². The fourth-order valence-corrected chi connectivity index (χ4v) is 2.99. The van der Waals surface area contributed by atoms with Gasteiger partial charge in [-0.15, -0.1) is 0 Å². The predicted molar refractivity (Wildman–Crippen MR) is 112 cm³/mol. The number of hydrogen-bond donors (Lipinski definition) is 1. The summed E-state index contributed by atoms with van der Waals surface area (Å²) in [6.07, 6.45) is 0.699. The first-order valence-corrected chi connectivity index (χ1v) is 9.59. The fraction of sp³-hybridized carbons (Fsp3) is 0.208. The maximum atomic E-state index is 14.1. The number of rotatable bonds is 9. The topological polar surface area (TPSA) is 65.0 Å². The third kappa shape index (κ3) is 5.50. The van der Waals surface area contributed by atoms with Crippen molar-refractivity contribution >= 4 is 5.97 Å². The number of benzene rings is 3. The standard InChI is InChI=1S/C24H23FO5/c1-3-9-29-20-10-16(12-24(26)27)11-21(15-20)30-19-6-4-5-17(13-19)18-7-8-23(28-2)22(25)14-18/h4-8,10-11,13-15H,3,9,12H2,1-2H3,(H,26,27). The highest BCUT2D eigenvalue weighted by atomic mass is 19.1. The normalized spacial score (nSPS) is 10.5. The minimum atomic E-state index is -0.933. The molecule has 0 fully saturated rings. The Labute approximate surface area is 174 Å². The van der Waals surface area contributed by atoms with E-state index in [4.69, 9.17) is 19.3 Å². The molecule has 0 saturated carbocycles. The summed E-state index contributed by atoms with van der Waals surface area (Å²) in [5, 5.41) is 9.12. The number of methoxy groups -OCH3 is 1. The lowest BCUT2D eigenvalue weighted by atomic mass is 10.1. The molecule has 0 saturated heterocycles. The Morgan fingerprint density at radius 2 is 1.73 bits per heavy atom. The van der Waals surface area contributed by atoms with Gasteiger partial charge < -0.3 is 19.3 Å². The first-order chi connectivity index (χ1) is 14.5. The van der Waals surface area contributed by atoms with Gasteiger partial charge in [-0.05, 0) is 59.5 Å². The number of carboxylic acids is 1. The first kappa shape index (κ1) is 21.2. The van der Waals surface area contributed by atoms with E-state index in [9.17, 15) is 9.18 Å². The predicted octanol–water partition coefficient (Wildman–Crippen LogP) is 5.71. The Bertz CT molecular complexity index is 1030. The Kier molecular flexibility index (Phi) is 6.91. The molecule has 0 atom stereocenters. The van der Waals surface area contributed by atoms with Crippen molar-refractivity contribution < 1.29 is 28.5 Å². The van der Waals surface area contributed by atoms with Crippen molar-refractivity contribution in [3.8, 4) is 34.1 Å². The molecule has 3 aromatic carbocycles. The summed E-state index contributed by atoms with van der Waals surface area (Å²) < 4.78 is 30.6. The molecular formula is C24H23FO5. The molecule has 0 aliphatic rings. The summed E-state index contributed by atoms with van der Waals surface area (Å²) in [6, 6.07) is 17.1. The van der Waals surface area contributed by atoms with Crippen LogP contribution in [-0.2, 0) is 11.2 Å². The molecule has 0 aliphatic heterocycles. The van der Waals surface area contributed by atoms with Crippen LogP contribution in [-0.4, -0.2) is 24.8 Å². The molecule has 0 heterocycles. The van der Waals surface area contributed by atoms with Crippen LogP contribution in [0.25, 0.3) is 11.1 Å². The molecular weight excluding hydrogens is 387 g/mol. The number of halogens is 1. The zero-order chi connectivity index (χ0) is 21.5. The maximum absolute atomic E-state index is 14.1. The SMILES string of the molecule is CCCOc1cc(CC(=O)O)cc(Oc2cccc(-c3ccc(OC)c(F)c3)c2)c1. The number of hydrogen-bond acceptors (Lipinski definition) is 4. The van der Waals surface area contributed by atoms with E-state index in [0.717, 1.165) is 12.0 Å². The number of carboxylic acid groups (broad SMARTS) is 1. The van der Waals surface area contributed by atoms with E-state index in [1.807, 2.05) is 19.1 Å². The van der Waals surface area contributed by atoms with E-state index < -0.39 is 11.8 Å². The summed E-state index contributed by atoms with van der Waals surface area (Å²) in [5.74, 6) is 0.369. The third-order valence-electron chi connectivity index (χ3n) is 4.32. The maximum Gasteiger partial charge on any atom is 0.307 e. The van der Waals surface area contributed by atoms with E-state index in [1.165, 1.54) is 13.2 Å². The zero-order valence-electron chi connectivity index (χ0n) is 16.9. The van der Waals surface area contributed by atoms with Gasteiger partial charge in [0.15, 0.2) is 11.6 Å². The lowest BCUT2D eigenvalue weighted by Gasteiger charge is -2.12. The van der Waals surface area contributed by atoms with Crippen LogP contribution >= 0.6 is 0 Å². The first-order valence-electron chi connectivity index (χ1n) is 9.59. The van der Waals surface area contributed by atoms with Gasteiger partial charge in [-0.1, -0.05) is 25.1 Å². The fourth-order valence-electron chi connectivity index (χ4n) is 2.99. The second-order valence-electron chi connectivity index (χ2n) is 6.71. The monoisotopic (exact) mass is 410 g/mol. The summed E-state index contributed by atoms with van der Waals surface area (Å²) in [7, 11) is 1.42. The molecule has 0 aromatic heterocycles.